The molecule has 2 N–H and O–H groups in total. The number of allylic oxidation sites excluding steroid dienone is 1. The quantitative estimate of drug-likeness (QED) is 0.702. The number of nitrogens with zero attached hydrogens (tertiary/aromatic N) is 2. The van der Waals surface area contributed by atoms with Gasteiger partial charge in [0.15, 0.2) is 0 Å². The largest absolute Gasteiger partial charge is 0.469 e. The van der Waals surface area contributed by atoms with Crippen molar-refractivity contribution in [3.05, 3.63) is 57.6 Å². The number of esters is 2. The van der Waals surface area contributed by atoms with Crippen LogP contribution in [0.1, 0.15) is 24.8 Å². The van der Waals surface area contributed by atoms with Crippen molar-refractivity contribution >= 4 is 29.6 Å². The number of fused-ring (bicyclic) bond motifs is 1. The molecule has 0 radical (unpaired) electrons. The molecule has 8 nitrogen and oxygen atoms in total. The number of nitriles is 1. The van der Waals surface area contributed by atoms with Crippen molar-refractivity contribution < 1.29 is 28.2 Å². The van der Waals surface area contributed by atoms with Crippen LogP contribution in [0, 0.1) is 17.1 Å². The number of nitrogens with two attached hydrogens (primary N) is 1. The molecule has 156 valence electrons. The van der Waals surface area contributed by atoms with Crippen molar-refractivity contribution in [2.45, 2.75) is 24.5 Å². The number of carbonyl (C=O) groups is 3. The Morgan fingerprint density at radius 3 is 2.57 bits per heavy atom. The molecule has 1 aromatic carbocycles. The minimum atomic E-state index is -0.946. The van der Waals surface area contributed by atoms with Gasteiger partial charge >= 0.3 is 11.9 Å². The first kappa shape index (κ1) is 21.4. The van der Waals surface area contributed by atoms with E-state index in [1.807, 2.05) is 6.07 Å². The van der Waals surface area contributed by atoms with Crippen LogP contribution >= 0.6 is 11.8 Å². The van der Waals surface area contributed by atoms with Gasteiger partial charge in [-0.15, -0.1) is 0 Å². The highest BCUT2D eigenvalue weighted by Gasteiger charge is 2.49. The molecule has 0 saturated carbocycles. The van der Waals surface area contributed by atoms with Gasteiger partial charge < -0.3 is 15.2 Å². The molecule has 0 aliphatic carbocycles. The van der Waals surface area contributed by atoms with Crippen molar-refractivity contribution in [3.63, 3.8) is 0 Å². The number of amides is 1. The van der Waals surface area contributed by atoms with Gasteiger partial charge in [-0.05, 0) is 24.6 Å². The van der Waals surface area contributed by atoms with E-state index in [1.165, 1.54) is 31.4 Å². The average molecular weight is 431 g/mol. The molecule has 1 amide bonds. The first-order valence-electron chi connectivity index (χ1n) is 8.97. The summed E-state index contributed by atoms with van der Waals surface area (Å²) in [6.45, 7) is 1.69. The number of methoxy groups -OCH3 is 1. The second-order valence-corrected chi connectivity index (χ2v) is 7.59. The summed E-state index contributed by atoms with van der Waals surface area (Å²) in [6.07, 6.45) is -0.230. The number of ether oxygens (including phenoxy) is 2. The number of carbonyl (C=O) groups excluding carboxylic acids is 3. The van der Waals surface area contributed by atoms with E-state index in [2.05, 4.69) is 4.74 Å². The molecule has 3 rings (SSSR count). The molecule has 0 aromatic heterocycles. The van der Waals surface area contributed by atoms with E-state index in [1.54, 1.807) is 6.92 Å². The number of thioether (sulfide) groups is 1. The summed E-state index contributed by atoms with van der Waals surface area (Å²) in [5.74, 6) is -3.44. The molecule has 2 unspecified atom stereocenters. The fourth-order valence-electron chi connectivity index (χ4n) is 3.32. The molecule has 1 fully saturated rings. The lowest BCUT2D eigenvalue weighted by Crippen LogP contribution is -2.38. The van der Waals surface area contributed by atoms with Crippen LogP contribution in [0.25, 0.3) is 0 Å². The third-order valence-corrected chi connectivity index (χ3v) is 5.95. The second kappa shape index (κ2) is 8.59. The van der Waals surface area contributed by atoms with Crippen LogP contribution in [0.15, 0.2) is 46.3 Å². The van der Waals surface area contributed by atoms with Crippen LogP contribution < -0.4 is 5.73 Å². The predicted molar refractivity (Wildman–Crippen MR) is 104 cm³/mol. The summed E-state index contributed by atoms with van der Waals surface area (Å²) in [5, 5.41) is 9.10. The normalized spacial score (nSPS) is 20.7. The third kappa shape index (κ3) is 3.64. The maximum absolute atomic E-state index is 13.5. The summed E-state index contributed by atoms with van der Waals surface area (Å²) < 4.78 is 23.3. The monoisotopic (exact) mass is 431 g/mol. The fourth-order valence-corrected chi connectivity index (χ4v) is 4.64. The number of rotatable bonds is 5. The minimum Gasteiger partial charge on any atom is -0.469 e. The van der Waals surface area contributed by atoms with Crippen molar-refractivity contribution in [2.24, 2.45) is 5.73 Å². The Balaban J connectivity index is 2.20. The lowest BCUT2D eigenvalue weighted by atomic mass is 9.83. The molecule has 0 bridgehead atoms. The number of halogens is 1. The maximum Gasteiger partial charge on any atom is 0.337 e. The summed E-state index contributed by atoms with van der Waals surface area (Å²) >= 11 is 0.983. The topological polar surface area (TPSA) is 123 Å². The summed E-state index contributed by atoms with van der Waals surface area (Å²) in [7, 11) is 1.20. The van der Waals surface area contributed by atoms with Gasteiger partial charge in [-0.1, -0.05) is 23.9 Å². The van der Waals surface area contributed by atoms with Crippen LogP contribution in [0.2, 0.25) is 0 Å². The zero-order chi connectivity index (χ0) is 22.0. The third-order valence-electron chi connectivity index (χ3n) is 4.68. The van der Waals surface area contributed by atoms with Crippen molar-refractivity contribution in [3.8, 4) is 6.07 Å². The Bertz CT molecular complexity index is 1010. The zero-order valence-electron chi connectivity index (χ0n) is 16.2. The van der Waals surface area contributed by atoms with Gasteiger partial charge in [-0.3, -0.25) is 14.5 Å². The Labute approximate surface area is 176 Å². The predicted octanol–water partition coefficient (Wildman–Crippen LogP) is 1.90. The molecule has 30 heavy (non-hydrogen) atoms. The average Bonchev–Trinajstić information content (AvgIpc) is 3.04. The highest BCUT2D eigenvalue weighted by molar-refractivity contribution is 8.04. The van der Waals surface area contributed by atoms with Gasteiger partial charge in [0.25, 0.3) is 0 Å². The SMILES string of the molecule is CCOC(=O)C1=C2SC(CC(=O)OC)C(=O)N2C(N)=C(C#N)C1c1ccc(F)cc1. The first-order valence-corrected chi connectivity index (χ1v) is 9.85. The standard InChI is InChI=1S/C20H18FN3O5S/c1-3-29-20(27)16-15(10-4-6-11(21)7-5-10)12(9-22)17(23)24-18(26)13(30-19(16)24)8-14(25)28-2/h4-7,13,15H,3,8,23H2,1-2H3. The van der Waals surface area contributed by atoms with Crippen LogP contribution in [0.3, 0.4) is 0 Å². The zero-order valence-corrected chi connectivity index (χ0v) is 17.0. The van der Waals surface area contributed by atoms with Gasteiger partial charge in [0.1, 0.15) is 16.9 Å². The molecular formula is C20H18FN3O5S. The van der Waals surface area contributed by atoms with Crippen LogP contribution in [0.5, 0.6) is 0 Å². The maximum atomic E-state index is 13.5. The van der Waals surface area contributed by atoms with E-state index >= 15 is 0 Å². The molecule has 10 heteroatoms. The molecule has 2 atom stereocenters. The molecule has 2 aliphatic heterocycles. The van der Waals surface area contributed by atoms with E-state index in [4.69, 9.17) is 10.5 Å². The van der Waals surface area contributed by atoms with E-state index in [-0.39, 0.29) is 35.0 Å². The van der Waals surface area contributed by atoms with Crippen molar-refractivity contribution in [1.29, 1.82) is 5.26 Å². The minimum absolute atomic E-state index is 0.0407. The smallest absolute Gasteiger partial charge is 0.337 e. The number of hydrogen-bond acceptors (Lipinski definition) is 8. The lowest BCUT2D eigenvalue weighted by Gasteiger charge is -2.31. The Morgan fingerprint density at radius 2 is 2.00 bits per heavy atom. The van der Waals surface area contributed by atoms with Crippen LogP contribution in [-0.4, -0.2) is 41.7 Å². The molecule has 0 spiro atoms. The summed E-state index contributed by atoms with van der Waals surface area (Å²) in [4.78, 5) is 38.6. The number of benzene rings is 1. The summed E-state index contributed by atoms with van der Waals surface area (Å²) in [6, 6.07) is 7.25. The molecule has 2 heterocycles. The lowest BCUT2D eigenvalue weighted by molar-refractivity contribution is -0.142. The second-order valence-electron chi connectivity index (χ2n) is 6.39. The van der Waals surface area contributed by atoms with Gasteiger partial charge in [0.2, 0.25) is 5.91 Å². The van der Waals surface area contributed by atoms with Gasteiger partial charge in [-0.25, -0.2) is 9.18 Å². The van der Waals surface area contributed by atoms with Crippen molar-refractivity contribution in [2.75, 3.05) is 13.7 Å². The van der Waals surface area contributed by atoms with E-state index in [0.29, 0.717) is 5.56 Å². The summed E-state index contributed by atoms with van der Waals surface area (Å²) in [5.41, 5.74) is 6.60. The van der Waals surface area contributed by atoms with E-state index in [0.717, 1.165) is 16.7 Å². The first-order chi connectivity index (χ1) is 14.3. The van der Waals surface area contributed by atoms with Gasteiger partial charge in [0, 0.05) is 0 Å². The van der Waals surface area contributed by atoms with E-state index in [9.17, 15) is 24.0 Å². The Hall–Kier alpha value is -3.32. The molecule has 2 aliphatic rings. The number of hydrogen-bond donors (Lipinski definition) is 1. The highest BCUT2D eigenvalue weighted by Crippen LogP contribution is 2.50. The van der Waals surface area contributed by atoms with Gasteiger partial charge in [0.05, 0.1) is 48.3 Å². The van der Waals surface area contributed by atoms with E-state index < -0.39 is 34.8 Å². The fraction of sp³-hybridized carbons (Fsp3) is 0.300. The molecule has 1 saturated heterocycles. The van der Waals surface area contributed by atoms with Crippen molar-refractivity contribution in [1.82, 2.24) is 4.90 Å². The Kier molecular flexibility index (Phi) is 6.12. The van der Waals surface area contributed by atoms with Crippen LogP contribution in [0.4, 0.5) is 4.39 Å². The van der Waals surface area contributed by atoms with Gasteiger partial charge in [-0.2, -0.15) is 5.26 Å². The molecule has 1 aromatic rings. The van der Waals surface area contributed by atoms with Crippen LogP contribution in [-0.2, 0) is 23.9 Å². The highest BCUT2D eigenvalue weighted by atomic mass is 32.2. The molecular weight excluding hydrogens is 413 g/mol. The Morgan fingerprint density at radius 1 is 1.33 bits per heavy atom.